The maximum atomic E-state index is 11.7. The van der Waals surface area contributed by atoms with Crippen LogP contribution in [0.4, 0.5) is 5.69 Å². The zero-order valence-electron chi connectivity index (χ0n) is 9.93. The number of rotatable bonds is 2. The average molecular weight is 233 g/mol. The van der Waals surface area contributed by atoms with Crippen LogP contribution in [-0.2, 0) is 9.59 Å². The van der Waals surface area contributed by atoms with Gasteiger partial charge in [0.1, 0.15) is 6.04 Å². The summed E-state index contributed by atoms with van der Waals surface area (Å²) in [7, 11) is 1.84. The molecule has 1 aliphatic rings. The highest BCUT2D eigenvalue weighted by Crippen LogP contribution is 2.18. The normalized spacial score (nSPS) is 20.0. The van der Waals surface area contributed by atoms with Crippen molar-refractivity contribution >= 4 is 17.5 Å². The minimum atomic E-state index is -0.294. The molecule has 1 saturated heterocycles. The van der Waals surface area contributed by atoms with Gasteiger partial charge in [-0.2, -0.15) is 0 Å². The van der Waals surface area contributed by atoms with Gasteiger partial charge in [0.05, 0.1) is 11.9 Å². The number of imide groups is 1. The minimum Gasteiger partial charge on any atom is -0.361 e. The summed E-state index contributed by atoms with van der Waals surface area (Å²) in [6, 6.07) is 3.53. The Morgan fingerprint density at radius 2 is 2.18 bits per heavy atom. The number of nitrogens with one attached hydrogen (secondary N) is 1. The smallest absolute Gasteiger partial charge is 0.249 e. The first kappa shape index (κ1) is 11.6. The first-order valence-electron chi connectivity index (χ1n) is 5.57. The zero-order valence-corrected chi connectivity index (χ0v) is 9.93. The summed E-state index contributed by atoms with van der Waals surface area (Å²) < 4.78 is 0. The molecule has 1 aromatic heterocycles. The Bertz CT molecular complexity index is 442. The summed E-state index contributed by atoms with van der Waals surface area (Å²) >= 11 is 0. The highest BCUT2D eigenvalue weighted by atomic mass is 16.2. The fraction of sp³-hybridized carbons (Fsp3) is 0.417. The van der Waals surface area contributed by atoms with Gasteiger partial charge in [0.2, 0.25) is 11.8 Å². The summed E-state index contributed by atoms with van der Waals surface area (Å²) in [5.41, 5.74) is 1.82. The molecule has 0 spiro atoms. The van der Waals surface area contributed by atoms with Crippen LogP contribution < -0.4 is 10.2 Å². The number of hydrogen-bond acceptors (Lipinski definition) is 4. The third-order valence-electron chi connectivity index (χ3n) is 2.98. The summed E-state index contributed by atoms with van der Waals surface area (Å²) in [4.78, 5) is 28.8. The number of likely N-dealkylation sites (N-methyl/N-ethyl adjacent to an activating group) is 1. The van der Waals surface area contributed by atoms with E-state index < -0.39 is 0 Å². The molecule has 1 N–H and O–H groups in total. The van der Waals surface area contributed by atoms with Gasteiger partial charge in [-0.15, -0.1) is 0 Å². The van der Waals surface area contributed by atoms with Gasteiger partial charge in [-0.3, -0.25) is 19.9 Å². The second-order valence-electron chi connectivity index (χ2n) is 4.24. The van der Waals surface area contributed by atoms with Gasteiger partial charge < -0.3 is 4.90 Å². The first-order valence-corrected chi connectivity index (χ1v) is 5.57. The van der Waals surface area contributed by atoms with Crippen molar-refractivity contribution in [3.63, 3.8) is 0 Å². The molecule has 1 fully saturated rings. The molecule has 5 nitrogen and oxygen atoms in total. The molecule has 0 radical (unpaired) electrons. The molecule has 2 heterocycles. The monoisotopic (exact) mass is 233 g/mol. The van der Waals surface area contributed by atoms with E-state index in [0.717, 1.165) is 11.4 Å². The van der Waals surface area contributed by atoms with Crippen molar-refractivity contribution < 1.29 is 9.59 Å². The second kappa shape index (κ2) is 4.53. The third kappa shape index (κ3) is 2.43. The van der Waals surface area contributed by atoms with Gasteiger partial charge >= 0.3 is 0 Å². The summed E-state index contributed by atoms with van der Waals surface area (Å²) in [5.74, 6) is -0.425. The number of carbonyl (C=O) groups is 2. The van der Waals surface area contributed by atoms with E-state index >= 15 is 0 Å². The summed E-state index contributed by atoms with van der Waals surface area (Å²) in [6.07, 6.45) is 2.67. The van der Waals surface area contributed by atoms with E-state index in [4.69, 9.17) is 0 Å². The van der Waals surface area contributed by atoms with Crippen LogP contribution in [0.2, 0.25) is 0 Å². The molecular formula is C12H15N3O2. The Morgan fingerprint density at radius 3 is 2.76 bits per heavy atom. The van der Waals surface area contributed by atoms with Crippen molar-refractivity contribution in [2.24, 2.45) is 0 Å². The lowest BCUT2D eigenvalue weighted by Crippen LogP contribution is -2.51. The van der Waals surface area contributed by atoms with Crippen molar-refractivity contribution in [2.45, 2.75) is 25.8 Å². The van der Waals surface area contributed by atoms with Gasteiger partial charge in [0.15, 0.2) is 0 Å². The van der Waals surface area contributed by atoms with Gasteiger partial charge in [-0.1, -0.05) is 0 Å². The number of amides is 2. The average Bonchev–Trinajstić information content (AvgIpc) is 2.29. The van der Waals surface area contributed by atoms with Crippen LogP contribution in [-0.4, -0.2) is 29.9 Å². The summed E-state index contributed by atoms with van der Waals surface area (Å²) in [6.45, 7) is 1.91. The fourth-order valence-electron chi connectivity index (χ4n) is 1.90. The number of pyridine rings is 1. The topological polar surface area (TPSA) is 62.3 Å². The predicted octanol–water partition coefficient (Wildman–Crippen LogP) is 0.631. The van der Waals surface area contributed by atoms with Crippen molar-refractivity contribution in [1.29, 1.82) is 0 Å². The number of aryl methyl sites for hydroxylation is 1. The molecule has 0 saturated carbocycles. The Balaban J connectivity index is 2.14. The van der Waals surface area contributed by atoms with Crippen LogP contribution in [0.1, 0.15) is 18.5 Å². The third-order valence-corrected chi connectivity index (χ3v) is 2.98. The van der Waals surface area contributed by atoms with Crippen LogP contribution in [0.3, 0.4) is 0 Å². The highest BCUT2D eigenvalue weighted by molar-refractivity contribution is 6.01. The lowest BCUT2D eigenvalue weighted by Gasteiger charge is -2.31. The Kier molecular flexibility index (Phi) is 3.08. The van der Waals surface area contributed by atoms with E-state index in [2.05, 4.69) is 10.3 Å². The van der Waals surface area contributed by atoms with Crippen molar-refractivity contribution in [3.8, 4) is 0 Å². The van der Waals surface area contributed by atoms with Crippen LogP contribution in [0.5, 0.6) is 0 Å². The highest BCUT2D eigenvalue weighted by Gasteiger charge is 2.29. The molecule has 17 heavy (non-hydrogen) atoms. The SMILES string of the molecule is Cc1ccc(N(C)C2CCC(=O)NC2=O)cn1. The van der Waals surface area contributed by atoms with Crippen LogP contribution >= 0.6 is 0 Å². The lowest BCUT2D eigenvalue weighted by molar-refractivity contribution is -0.134. The number of carbonyl (C=O) groups excluding carboxylic acids is 2. The van der Waals surface area contributed by atoms with Crippen molar-refractivity contribution in [1.82, 2.24) is 10.3 Å². The Labute approximate surface area is 99.8 Å². The van der Waals surface area contributed by atoms with E-state index in [1.54, 1.807) is 6.20 Å². The van der Waals surface area contributed by atoms with Gasteiger partial charge in [-0.25, -0.2) is 0 Å². The quantitative estimate of drug-likeness (QED) is 0.761. The molecule has 90 valence electrons. The van der Waals surface area contributed by atoms with E-state index in [1.807, 2.05) is 31.0 Å². The number of nitrogens with zero attached hydrogens (tertiary/aromatic N) is 2. The van der Waals surface area contributed by atoms with Gasteiger partial charge in [-0.05, 0) is 25.5 Å². The molecule has 0 bridgehead atoms. The molecule has 0 aromatic carbocycles. The molecular weight excluding hydrogens is 218 g/mol. The largest absolute Gasteiger partial charge is 0.361 e. The molecule has 2 amide bonds. The van der Waals surface area contributed by atoms with Crippen LogP contribution in [0.25, 0.3) is 0 Å². The summed E-state index contributed by atoms with van der Waals surface area (Å²) in [5, 5.41) is 2.35. The number of hydrogen-bond donors (Lipinski definition) is 1. The first-order chi connectivity index (χ1) is 8.08. The molecule has 1 unspecified atom stereocenters. The molecule has 1 aliphatic heterocycles. The van der Waals surface area contributed by atoms with E-state index in [9.17, 15) is 9.59 Å². The number of anilines is 1. The lowest BCUT2D eigenvalue weighted by atomic mass is 10.0. The molecule has 1 atom stereocenters. The van der Waals surface area contributed by atoms with Gasteiger partial charge in [0, 0.05) is 19.2 Å². The van der Waals surface area contributed by atoms with Crippen LogP contribution in [0.15, 0.2) is 18.3 Å². The maximum absolute atomic E-state index is 11.7. The molecule has 5 heteroatoms. The van der Waals surface area contributed by atoms with E-state index in [1.165, 1.54) is 0 Å². The number of piperidine rings is 1. The maximum Gasteiger partial charge on any atom is 0.249 e. The van der Waals surface area contributed by atoms with Crippen LogP contribution in [0, 0.1) is 6.92 Å². The molecule has 1 aromatic rings. The van der Waals surface area contributed by atoms with Crippen molar-refractivity contribution in [2.75, 3.05) is 11.9 Å². The van der Waals surface area contributed by atoms with E-state index in [-0.39, 0.29) is 17.9 Å². The minimum absolute atomic E-state index is 0.193. The standard InChI is InChI=1S/C12H15N3O2/c1-8-3-4-9(7-13-8)15(2)10-5-6-11(16)14-12(10)17/h3-4,7,10H,5-6H2,1-2H3,(H,14,16,17). The Hall–Kier alpha value is -1.91. The second-order valence-corrected chi connectivity index (χ2v) is 4.24. The van der Waals surface area contributed by atoms with E-state index in [0.29, 0.717) is 12.8 Å². The predicted molar refractivity (Wildman–Crippen MR) is 63.5 cm³/mol. The Morgan fingerprint density at radius 1 is 1.41 bits per heavy atom. The van der Waals surface area contributed by atoms with Crippen molar-refractivity contribution in [3.05, 3.63) is 24.0 Å². The molecule has 2 rings (SSSR count). The zero-order chi connectivity index (χ0) is 12.4. The molecule has 0 aliphatic carbocycles. The van der Waals surface area contributed by atoms with Gasteiger partial charge in [0.25, 0.3) is 0 Å². The fourth-order valence-corrected chi connectivity index (χ4v) is 1.90. The number of aromatic nitrogens is 1.